The zero-order valence-corrected chi connectivity index (χ0v) is 15.0. The first-order valence-corrected chi connectivity index (χ1v) is 9.75. The Balaban J connectivity index is 1.72. The second kappa shape index (κ2) is 8.03. The van der Waals surface area contributed by atoms with E-state index in [1.54, 1.807) is 0 Å². The normalized spacial score (nSPS) is 10.4. The lowest BCUT2D eigenvalue weighted by Crippen LogP contribution is -2.01. The van der Waals surface area contributed by atoms with E-state index in [1.165, 1.54) is 23.5 Å². The molecule has 1 heterocycles. The molecule has 0 radical (unpaired) electrons. The third-order valence-corrected chi connectivity index (χ3v) is 4.26. The first-order valence-electron chi connectivity index (χ1n) is 7.30. The predicted molar refractivity (Wildman–Crippen MR) is 103 cm³/mol. The molecule has 2 N–H and O–H groups in total. The minimum Gasteiger partial charge on any atom is -0.356 e. The van der Waals surface area contributed by atoms with Crippen molar-refractivity contribution < 1.29 is 0 Å². The molecule has 0 bridgehead atoms. The summed E-state index contributed by atoms with van der Waals surface area (Å²) < 4.78 is 0. The molecule has 0 saturated heterocycles. The van der Waals surface area contributed by atoms with Gasteiger partial charge in [0.1, 0.15) is 0 Å². The van der Waals surface area contributed by atoms with Crippen molar-refractivity contribution in [1.82, 2.24) is 15.0 Å². The Bertz CT molecular complexity index is 772. The largest absolute Gasteiger partial charge is 0.356 e. The zero-order valence-electron chi connectivity index (χ0n) is 13.4. The number of nitrogens with zero attached hydrogens (tertiary/aromatic N) is 3. The molecule has 2 aromatic carbocycles. The topological polar surface area (TPSA) is 62.7 Å². The van der Waals surface area contributed by atoms with Gasteiger partial charge in [-0.3, -0.25) is 0 Å². The van der Waals surface area contributed by atoms with Crippen LogP contribution < -0.4 is 10.6 Å². The lowest BCUT2D eigenvalue weighted by atomic mass is 10.2. The van der Waals surface area contributed by atoms with Crippen LogP contribution >= 0.6 is 23.5 Å². The van der Waals surface area contributed by atoms with Gasteiger partial charge < -0.3 is 10.6 Å². The van der Waals surface area contributed by atoms with E-state index in [0.717, 1.165) is 17.1 Å². The molecule has 7 heteroatoms. The van der Waals surface area contributed by atoms with E-state index in [1.807, 2.05) is 67.1 Å². The predicted octanol–water partition coefficient (Wildman–Crippen LogP) is 4.80. The molecule has 0 aliphatic carbocycles. The second-order valence-corrected chi connectivity index (χ2v) is 6.37. The summed E-state index contributed by atoms with van der Waals surface area (Å²) in [5, 5.41) is 8.00. The fourth-order valence-corrected chi connectivity index (χ4v) is 2.80. The van der Waals surface area contributed by atoms with Gasteiger partial charge >= 0.3 is 0 Å². The summed E-state index contributed by atoms with van der Waals surface area (Å²) in [6, 6.07) is 18.1. The van der Waals surface area contributed by atoms with Crippen LogP contribution in [-0.4, -0.2) is 27.5 Å². The van der Waals surface area contributed by atoms with Crippen molar-refractivity contribution in [2.24, 2.45) is 0 Å². The molecule has 5 nitrogen and oxygen atoms in total. The van der Waals surface area contributed by atoms with Crippen LogP contribution in [0.4, 0.5) is 23.0 Å². The molecule has 3 aromatic rings. The first-order chi connectivity index (χ1) is 11.8. The maximum atomic E-state index is 4.39. The standard InChI is InChI=1S/C17H17N5S2/c1-23-16-20-15(21-17(22-16)24-2)19-14-10-8-13(9-11-14)18-12-6-4-3-5-7-12/h3-11,18H,1-2H3,(H,19,20,21,22). The SMILES string of the molecule is CSc1nc(Nc2ccc(Nc3ccccc3)cc2)nc(SC)n1. The molecule has 0 aliphatic rings. The van der Waals surface area contributed by atoms with Gasteiger partial charge in [-0.2, -0.15) is 15.0 Å². The molecule has 0 spiro atoms. The molecule has 0 saturated carbocycles. The number of hydrogen-bond donors (Lipinski definition) is 2. The number of anilines is 4. The molecule has 1 aromatic heterocycles. The molecule has 122 valence electrons. The van der Waals surface area contributed by atoms with Gasteiger partial charge in [0.2, 0.25) is 5.95 Å². The fraction of sp³-hybridized carbons (Fsp3) is 0.118. The number of benzene rings is 2. The summed E-state index contributed by atoms with van der Waals surface area (Å²) in [5.41, 5.74) is 3.01. The monoisotopic (exact) mass is 355 g/mol. The maximum absolute atomic E-state index is 4.39. The van der Waals surface area contributed by atoms with Gasteiger partial charge in [0.25, 0.3) is 0 Å². The van der Waals surface area contributed by atoms with E-state index >= 15 is 0 Å². The average molecular weight is 355 g/mol. The smallest absolute Gasteiger partial charge is 0.232 e. The van der Waals surface area contributed by atoms with Crippen LogP contribution in [0.5, 0.6) is 0 Å². The van der Waals surface area contributed by atoms with Crippen molar-refractivity contribution in [3.05, 3.63) is 54.6 Å². The Kier molecular flexibility index (Phi) is 5.55. The fourth-order valence-electron chi connectivity index (χ4n) is 2.03. The Hall–Kier alpha value is -2.25. The third-order valence-electron chi connectivity index (χ3n) is 3.16. The minimum atomic E-state index is 0.558. The van der Waals surface area contributed by atoms with E-state index in [2.05, 4.69) is 25.6 Å². The molecule has 0 atom stereocenters. The number of para-hydroxylation sites is 1. The van der Waals surface area contributed by atoms with E-state index in [9.17, 15) is 0 Å². The lowest BCUT2D eigenvalue weighted by Gasteiger charge is -2.09. The quantitative estimate of drug-likeness (QED) is 0.616. The summed E-state index contributed by atoms with van der Waals surface area (Å²) in [4.78, 5) is 13.1. The highest BCUT2D eigenvalue weighted by Crippen LogP contribution is 2.22. The number of nitrogens with one attached hydrogen (secondary N) is 2. The lowest BCUT2D eigenvalue weighted by molar-refractivity contribution is 0.813. The Labute approximate surface area is 149 Å². The van der Waals surface area contributed by atoms with E-state index < -0.39 is 0 Å². The Morgan fingerprint density at radius 1 is 0.625 bits per heavy atom. The van der Waals surface area contributed by atoms with E-state index in [4.69, 9.17) is 0 Å². The van der Waals surface area contributed by atoms with E-state index in [0.29, 0.717) is 16.3 Å². The maximum Gasteiger partial charge on any atom is 0.232 e. The van der Waals surface area contributed by atoms with Gasteiger partial charge in [-0.15, -0.1) is 0 Å². The van der Waals surface area contributed by atoms with Crippen LogP contribution in [0, 0.1) is 0 Å². The molecule has 0 fully saturated rings. The summed E-state index contributed by atoms with van der Waals surface area (Å²) in [6.07, 6.45) is 3.90. The van der Waals surface area contributed by atoms with Crippen LogP contribution in [-0.2, 0) is 0 Å². The summed E-state index contributed by atoms with van der Waals surface area (Å²) in [6.45, 7) is 0. The number of hydrogen-bond acceptors (Lipinski definition) is 7. The highest BCUT2D eigenvalue weighted by Gasteiger charge is 2.05. The van der Waals surface area contributed by atoms with Gasteiger partial charge in [0, 0.05) is 17.1 Å². The van der Waals surface area contributed by atoms with Crippen molar-refractivity contribution in [2.45, 2.75) is 10.3 Å². The van der Waals surface area contributed by atoms with Gasteiger partial charge in [0.05, 0.1) is 0 Å². The van der Waals surface area contributed by atoms with Crippen molar-refractivity contribution in [1.29, 1.82) is 0 Å². The second-order valence-electron chi connectivity index (χ2n) is 4.83. The number of rotatable bonds is 6. The van der Waals surface area contributed by atoms with Gasteiger partial charge in [-0.1, -0.05) is 41.7 Å². The van der Waals surface area contributed by atoms with Crippen molar-refractivity contribution >= 4 is 46.5 Å². The average Bonchev–Trinajstić information content (AvgIpc) is 2.64. The van der Waals surface area contributed by atoms with Crippen molar-refractivity contribution in [3.63, 3.8) is 0 Å². The molecule has 24 heavy (non-hydrogen) atoms. The van der Waals surface area contributed by atoms with Crippen LogP contribution in [0.1, 0.15) is 0 Å². The molecule has 0 unspecified atom stereocenters. The molecule has 3 rings (SSSR count). The van der Waals surface area contributed by atoms with Crippen LogP contribution in [0.2, 0.25) is 0 Å². The highest BCUT2D eigenvalue weighted by atomic mass is 32.2. The van der Waals surface area contributed by atoms with Gasteiger partial charge in [0.15, 0.2) is 10.3 Å². The summed E-state index contributed by atoms with van der Waals surface area (Å²) in [7, 11) is 0. The minimum absolute atomic E-state index is 0.558. The molecular weight excluding hydrogens is 338 g/mol. The number of aromatic nitrogens is 3. The van der Waals surface area contributed by atoms with Gasteiger partial charge in [-0.25, -0.2) is 0 Å². The van der Waals surface area contributed by atoms with E-state index in [-0.39, 0.29) is 0 Å². The Morgan fingerprint density at radius 3 is 1.67 bits per heavy atom. The molecule has 0 aliphatic heterocycles. The van der Waals surface area contributed by atoms with Crippen LogP contribution in [0.15, 0.2) is 64.9 Å². The highest BCUT2D eigenvalue weighted by molar-refractivity contribution is 7.99. The van der Waals surface area contributed by atoms with Crippen LogP contribution in [0.25, 0.3) is 0 Å². The first kappa shape index (κ1) is 16.6. The van der Waals surface area contributed by atoms with Crippen molar-refractivity contribution in [3.8, 4) is 0 Å². The number of thioether (sulfide) groups is 2. The third kappa shape index (κ3) is 4.39. The zero-order chi connectivity index (χ0) is 16.8. The Morgan fingerprint density at radius 2 is 1.12 bits per heavy atom. The van der Waals surface area contributed by atoms with Crippen molar-refractivity contribution in [2.75, 3.05) is 23.1 Å². The summed E-state index contributed by atoms with van der Waals surface area (Å²) in [5.74, 6) is 0.558. The summed E-state index contributed by atoms with van der Waals surface area (Å²) >= 11 is 3.00. The molecule has 0 amide bonds. The molecular formula is C17H17N5S2. The van der Waals surface area contributed by atoms with Gasteiger partial charge in [-0.05, 0) is 48.9 Å². The van der Waals surface area contributed by atoms with Crippen LogP contribution in [0.3, 0.4) is 0 Å².